The molecule has 0 spiro atoms. The van der Waals surface area contributed by atoms with E-state index in [0.29, 0.717) is 0 Å². The van der Waals surface area contributed by atoms with E-state index in [1.165, 1.54) is 12.8 Å². The normalized spacial score (nSPS) is 10.6. The van der Waals surface area contributed by atoms with E-state index in [9.17, 15) is 0 Å². The van der Waals surface area contributed by atoms with E-state index < -0.39 is 0 Å². The number of nitrogens with zero attached hydrogens (tertiary/aromatic N) is 3. The molecule has 0 bridgehead atoms. The zero-order valence-corrected chi connectivity index (χ0v) is 11.8. The van der Waals surface area contributed by atoms with Crippen LogP contribution in [0.1, 0.15) is 44.5 Å². The fraction of sp³-hybridized carbons (Fsp3) is 0.438. The van der Waals surface area contributed by atoms with Gasteiger partial charge in [-0.1, -0.05) is 32.8 Å². The first-order valence-electron chi connectivity index (χ1n) is 7.11. The van der Waals surface area contributed by atoms with Gasteiger partial charge in [-0.2, -0.15) is 0 Å². The van der Waals surface area contributed by atoms with Crippen LogP contribution in [0.5, 0.6) is 0 Å². The van der Waals surface area contributed by atoms with Crippen LogP contribution in [0.2, 0.25) is 0 Å². The summed E-state index contributed by atoms with van der Waals surface area (Å²) < 4.78 is 0. The first kappa shape index (κ1) is 13.7. The van der Waals surface area contributed by atoms with Gasteiger partial charge in [0, 0.05) is 17.6 Å². The number of unbranched alkanes of at least 4 members (excludes halogenated alkanes) is 1. The van der Waals surface area contributed by atoms with Crippen molar-refractivity contribution in [3.05, 3.63) is 41.9 Å². The van der Waals surface area contributed by atoms with Gasteiger partial charge in [0.05, 0.1) is 0 Å². The maximum atomic E-state index is 4.66. The average Bonchev–Trinajstić information content (AvgIpc) is 2.46. The van der Waals surface area contributed by atoms with Gasteiger partial charge in [-0.05, 0) is 37.5 Å². The molecule has 0 saturated carbocycles. The fourth-order valence-corrected chi connectivity index (χ4v) is 2.02. The van der Waals surface area contributed by atoms with Gasteiger partial charge in [-0.3, -0.25) is 0 Å². The van der Waals surface area contributed by atoms with Crippen molar-refractivity contribution in [1.29, 1.82) is 0 Å². The Morgan fingerprint density at radius 1 is 0.895 bits per heavy atom. The number of pyridine rings is 1. The standard InChI is InChI=1S/C16H21N3/c1-3-5-8-14-9-6-10-15(18-14)16-17-12-11-13(19-16)7-4-2/h6,9-12H,3-5,7-8H2,1-2H3. The van der Waals surface area contributed by atoms with E-state index in [1.54, 1.807) is 0 Å². The molecule has 0 radical (unpaired) electrons. The van der Waals surface area contributed by atoms with E-state index in [0.717, 1.165) is 42.2 Å². The summed E-state index contributed by atoms with van der Waals surface area (Å²) in [7, 11) is 0. The molecule has 3 nitrogen and oxygen atoms in total. The van der Waals surface area contributed by atoms with Crippen molar-refractivity contribution in [1.82, 2.24) is 15.0 Å². The highest BCUT2D eigenvalue weighted by molar-refractivity contribution is 5.49. The highest BCUT2D eigenvalue weighted by Crippen LogP contribution is 2.14. The van der Waals surface area contributed by atoms with Crippen LogP contribution in [0.15, 0.2) is 30.5 Å². The number of aromatic nitrogens is 3. The molecule has 2 aromatic rings. The van der Waals surface area contributed by atoms with Crippen molar-refractivity contribution in [3.8, 4) is 11.5 Å². The maximum Gasteiger partial charge on any atom is 0.178 e. The minimum Gasteiger partial charge on any atom is -0.249 e. The molecule has 19 heavy (non-hydrogen) atoms. The van der Waals surface area contributed by atoms with Gasteiger partial charge in [0.25, 0.3) is 0 Å². The summed E-state index contributed by atoms with van der Waals surface area (Å²) in [5.74, 6) is 0.740. The van der Waals surface area contributed by atoms with Gasteiger partial charge in [-0.15, -0.1) is 0 Å². The molecule has 0 unspecified atom stereocenters. The van der Waals surface area contributed by atoms with Crippen LogP contribution in [0, 0.1) is 0 Å². The predicted octanol–water partition coefficient (Wildman–Crippen LogP) is 3.83. The Bertz CT molecular complexity index is 523. The van der Waals surface area contributed by atoms with Gasteiger partial charge < -0.3 is 0 Å². The van der Waals surface area contributed by atoms with E-state index in [2.05, 4.69) is 34.9 Å². The Hall–Kier alpha value is -1.77. The molecule has 0 aliphatic heterocycles. The molecule has 0 amide bonds. The van der Waals surface area contributed by atoms with Crippen LogP contribution in [-0.4, -0.2) is 15.0 Å². The Morgan fingerprint density at radius 3 is 2.53 bits per heavy atom. The zero-order valence-electron chi connectivity index (χ0n) is 11.8. The highest BCUT2D eigenvalue weighted by atomic mass is 14.9. The average molecular weight is 255 g/mol. The number of hydrogen-bond acceptors (Lipinski definition) is 3. The SMILES string of the molecule is CCCCc1cccc(-c2nccc(CCC)n2)n1. The van der Waals surface area contributed by atoms with Crippen molar-refractivity contribution >= 4 is 0 Å². The third kappa shape index (κ3) is 3.85. The third-order valence-corrected chi connectivity index (χ3v) is 3.04. The molecule has 0 aliphatic rings. The van der Waals surface area contributed by atoms with Crippen molar-refractivity contribution in [2.24, 2.45) is 0 Å². The summed E-state index contributed by atoms with van der Waals surface area (Å²) >= 11 is 0. The molecular formula is C16H21N3. The van der Waals surface area contributed by atoms with Gasteiger partial charge in [-0.25, -0.2) is 15.0 Å². The van der Waals surface area contributed by atoms with Gasteiger partial charge in [0.15, 0.2) is 5.82 Å². The Labute approximate surface area is 115 Å². The maximum absolute atomic E-state index is 4.66. The van der Waals surface area contributed by atoms with Crippen LogP contribution < -0.4 is 0 Å². The molecule has 0 aliphatic carbocycles. The zero-order chi connectivity index (χ0) is 13.5. The number of aryl methyl sites for hydroxylation is 2. The molecule has 0 N–H and O–H groups in total. The molecule has 0 saturated heterocycles. The predicted molar refractivity (Wildman–Crippen MR) is 77.9 cm³/mol. The summed E-state index contributed by atoms with van der Waals surface area (Å²) in [4.78, 5) is 13.6. The monoisotopic (exact) mass is 255 g/mol. The van der Waals surface area contributed by atoms with Crippen molar-refractivity contribution < 1.29 is 0 Å². The molecule has 0 fully saturated rings. The van der Waals surface area contributed by atoms with Crippen LogP contribution >= 0.6 is 0 Å². The van der Waals surface area contributed by atoms with E-state index in [-0.39, 0.29) is 0 Å². The second kappa shape index (κ2) is 6.98. The molecule has 2 aromatic heterocycles. The lowest BCUT2D eigenvalue weighted by molar-refractivity contribution is 0.776. The second-order valence-electron chi connectivity index (χ2n) is 4.74. The second-order valence-corrected chi connectivity index (χ2v) is 4.74. The van der Waals surface area contributed by atoms with Crippen LogP contribution in [0.25, 0.3) is 11.5 Å². The van der Waals surface area contributed by atoms with E-state index in [4.69, 9.17) is 0 Å². The largest absolute Gasteiger partial charge is 0.249 e. The van der Waals surface area contributed by atoms with Crippen LogP contribution in [0.3, 0.4) is 0 Å². The number of rotatable bonds is 6. The van der Waals surface area contributed by atoms with Gasteiger partial charge in [0.2, 0.25) is 0 Å². The summed E-state index contributed by atoms with van der Waals surface area (Å²) in [6.07, 6.45) is 7.31. The van der Waals surface area contributed by atoms with Crippen molar-refractivity contribution in [2.45, 2.75) is 46.0 Å². The smallest absolute Gasteiger partial charge is 0.178 e. The molecule has 0 aromatic carbocycles. The molecule has 100 valence electrons. The van der Waals surface area contributed by atoms with E-state index in [1.807, 2.05) is 24.4 Å². The Kier molecular flexibility index (Phi) is 5.01. The quantitative estimate of drug-likeness (QED) is 0.787. The topological polar surface area (TPSA) is 38.7 Å². The van der Waals surface area contributed by atoms with Crippen LogP contribution in [-0.2, 0) is 12.8 Å². The van der Waals surface area contributed by atoms with Crippen molar-refractivity contribution in [3.63, 3.8) is 0 Å². The summed E-state index contributed by atoms with van der Waals surface area (Å²) in [6.45, 7) is 4.35. The van der Waals surface area contributed by atoms with Gasteiger partial charge in [0.1, 0.15) is 5.69 Å². The minimum atomic E-state index is 0.740. The van der Waals surface area contributed by atoms with Crippen molar-refractivity contribution in [2.75, 3.05) is 0 Å². The first-order valence-corrected chi connectivity index (χ1v) is 7.11. The van der Waals surface area contributed by atoms with E-state index >= 15 is 0 Å². The minimum absolute atomic E-state index is 0.740. The Morgan fingerprint density at radius 2 is 1.74 bits per heavy atom. The lowest BCUT2D eigenvalue weighted by atomic mass is 10.2. The molecule has 2 rings (SSSR count). The Balaban J connectivity index is 2.23. The molecule has 2 heterocycles. The number of hydrogen-bond donors (Lipinski definition) is 0. The lowest BCUT2D eigenvalue weighted by Gasteiger charge is -2.04. The first-order chi connectivity index (χ1) is 9.33. The highest BCUT2D eigenvalue weighted by Gasteiger charge is 2.05. The van der Waals surface area contributed by atoms with Crippen LogP contribution in [0.4, 0.5) is 0 Å². The molecule has 3 heteroatoms. The summed E-state index contributed by atoms with van der Waals surface area (Å²) in [5, 5.41) is 0. The lowest BCUT2D eigenvalue weighted by Crippen LogP contribution is -1.98. The summed E-state index contributed by atoms with van der Waals surface area (Å²) in [5.41, 5.74) is 3.10. The van der Waals surface area contributed by atoms with Gasteiger partial charge >= 0.3 is 0 Å². The third-order valence-electron chi connectivity index (χ3n) is 3.04. The molecule has 0 atom stereocenters. The summed E-state index contributed by atoms with van der Waals surface area (Å²) in [6, 6.07) is 8.09. The molecular weight excluding hydrogens is 234 g/mol. The fourth-order valence-electron chi connectivity index (χ4n) is 2.02.